The molecule has 0 aliphatic carbocycles. The van der Waals surface area contributed by atoms with E-state index in [1.54, 1.807) is 12.1 Å². The highest BCUT2D eigenvalue weighted by molar-refractivity contribution is 6.01. The van der Waals surface area contributed by atoms with Gasteiger partial charge in [0.25, 0.3) is 5.91 Å². The number of hydrogen-bond donors (Lipinski definition) is 2. The Bertz CT molecular complexity index is 480. The van der Waals surface area contributed by atoms with Crippen molar-refractivity contribution < 1.29 is 9.53 Å². The fraction of sp³-hybridized carbons (Fsp3) is 0.200. The van der Waals surface area contributed by atoms with Gasteiger partial charge in [-0.05, 0) is 13.0 Å². The molecule has 0 atom stereocenters. The molecular weight excluding hydrogens is 222 g/mol. The highest BCUT2D eigenvalue weighted by Crippen LogP contribution is 2.11. The third-order valence-electron chi connectivity index (χ3n) is 1.92. The number of aromatic nitrogens is 4. The van der Waals surface area contributed by atoms with Gasteiger partial charge in [-0.1, -0.05) is 0 Å². The lowest BCUT2D eigenvalue weighted by Crippen LogP contribution is -2.13. The number of nitrogens with one attached hydrogen (secondary N) is 2. The Morgan fingerprint density at radius 3 is 2.94 bits per heavy atom. The molecule has 88 valence electrons. The number of carbonyl (C=O) groups is 1. The first kappa shape index (κ1) is 11.1. The lowest BCUT2D eigenvalue weighted by atomic mass is 10.4. The molecule has 2 rings (SSSR count). The average molecular weight is 233 g/mol. The molecule has 1 amide bonds. The molecule has 0 unspecified atom stereocenters. The minimum Gasteiger partial charge on any atom is -0.478 e. The third kappa shape index (κ3) is 2.77. The minimum atomic E-state index is -0.367. The second-order valence-electron chi connectivity index (χ2n) is 3.11. The summed E-state index contributed by atoms with van der Waals surface area (Å²) in [5.74, 6) is 0.303. The van der Waals surface area contributed by atoms with Crippen molar-refractivity contribution in [2.45, 2.75) is 6.92 Å². The molecule has 2 heterocycles. The Labute approximate surface area is 97.2 Å². The third-order valence-corrected chi connectivity index (χ3v) is 1.92. The van der Waals surface area contributed by atoms with Crippen molar-refractivity contribution >= 4 is 11.6 Å². The van der Waals surface area contributed by atoms with Crippen molar-refractivity contribution in [3.8, 4) is 5.88 Å². The number of hydrogen-bond acceptors (Lipinski definition) is 5. The van der Waals surface area contributed by atoms with E-state index in [2.05, 4.69) is 25.5 Å². The van der Waals surface area contributed by atoms with E-state index in [-0.39, 0.29) is 11.7 Å². The van der Waals surface area contributed by atoms with Crippen LogP contribution in [0, 0.1) is 0 Å². The largest absolute Gasteiger partial charge is 0.478 e. The van der Waals surface area contributed by atoms with Gasteiger partial charge in [-0.3, -0.25) is 9.89 Å². The van der Waals surface area contributed by atoms with E-state index in [0.29, 0.717) is 18.2 Å². The van der Waals surface area contributed by atoms with Crippen molar-refractivity contribution in [2.75, 3.05) is 11.9 Å². The van der Waals surface area contributed by atoms with Gasteiger partial charge in [0.05, 0.1) is 18.5 Å². The number of rotatable bonds is 4. The molecule has 7 nitrogen and oxygen atoms in total. The predicted octanol–water partition coefficient (Wildman–Crippen LogP) is 0.851. The number of ether oxygens (including phenoxy) is 1. The van der Waals surface area contributed by atoms with Crippen molar-refractivity contribution in [1.29, 1.82) is 0 Å². The van der Waals surface area contributed by atoms with Crippen molar-refractivity contribution in [3.05, 3.63) is 30.5 Å². The maximum atomic E-state index is 11.6. The Morgan fingerprint density at radius 2 is 2.35 bits per heavy atom. The molecule has 0 fully saturated rings. The van der Waals surface area contributed by atoms with Crippen LogP contribution in [0.3, 0.4) is 0 Å². The molecular formula is C10H11N5O2. The lowest BCUT2D eigenvalue weighted by Gasteiger charge is -2.04. The standard InChI is InChI=1S/C10H11N5O2/c1-2-17-8-4-3-7(5-11-8)14-10(16)9-12-6-13-15-9/h3-6H,2H2,1H3,(H,14,16)(H,12,13,15). The predicted molar refractivity (Wildman–Crippen MR) is 59.7 cm³/mol. The second-order valence-corrected chi connectivity index (χ2v) is 3.11. The van der Waals surface area contributed by atoms with E-state index in [9.17, 15) is 4.79 Å². The van der Waals surface area contributed by atoms with E-state index >= 15 is 0 Å². The molecule has 0 aromatic carbocycles. The molecule has 0 bridgehead atoms. The van der Waals surface area contributed by atoms with Crippen LogP contribution in [0.1, 0.15) is 17.5 Å². The van der Waals surface area contributed by atoms with Crippen LogP contribution in [0.25, 0.3) is 0 Å². The number of aromatic amines is 1. The first-order valence-corrected chi connectivity index (χ1v) is 5.05. The summed E-state index contributed by atoms with van der Waals surface area (Å²) in [6, 6.07) is 3.38. The number of carbonyl (C=O) groups excluding carboxylic acids is 1. The van der Waals surface area contributed by atoms with Crippen molar-refractivity contribution in [3.63, 3.8) is 0 Å². The number of anilines is 1. The SMILES string of the molecule is CCOc1ccc(NC(=O)c2ncn[nH]2)cn1. The second kappa shape index (κ2) is 5.06. The first-order chi connectivity index (χ1) is 8.29. The highest BCUT2D eigenvalue weighted by Gasteiger charge is 2.08. The van der Waals surface area contributed by atoms with Gasteiger partial charge >= 0.3 is 0 Å². The number of nitrogens with zero attached hydrogens (tertiary/aromatic N) is 3. The average Bonchev–Trinajstić information content (AvgIpc) is 2.86. The zero-order chi connectivity index (χ0) is 12.1. The molecule has 0 saturated heterocycles. The molecule has 2 aromatic heterocycles. The molecule has 17 heavy (non-hydrogen) atoms. The maximum Gasteiger partial charge on any atom is 0.293 e. The van der Waals surface area contributed by atoms with E-state index in [4.69, 9.17) is 4.74 Å². The van der Waals surface area contributed by atoms with Gasteiger partial charge in [0, 0.05) is 6.07 Å². The zero-order valence-electron chi connectivity index (χ0n) is 9.17. The maximum absolute atomic E-state index is 11.6. The topological polar surface area (TPSA) is 92.8 Å². The van der Waals surface area contributed by atoms with E-state index in [1.165, 1.54) is 12.5 Å². The van der Waals surface area contributed by atoms with Crippen LogP contribution in [0.5, 0.6) is 5.88 Å². The summed E-state index contributed by atoms with van der Waals surface area (Å²) in [4.78, 5) is 19.3. The summed E-state index contributed by atoms with van der Waals surface area (Å²) >= 11 is 0. The normalized spacial score (nSPS) is 9.94. The monoisotopic (exact) mass is 233 g/mol. The van der Waals surface area contributed by atoms with Crippen LogP contribution in [-0.4, -0.2) is 32.7 Å². The van der Waals surface area contributed by atoms with Gasteiger partial charge in [-0.2, -0.15) is 5.10 Å². The Hall–Kier alpha value is -2.44. The molecule has 0 aliphatic rings. The zero-order valence-corrected chi connectivity index (χ0v) is 9.17. The van der Waals surface area contributed by atoms with Crippen LogP contribution < -0.4 is 10.1 Å². The number of pyridine rings is 1. The molecule has 0 spiro atoms. The number of amides is 1. The molecule has 0 aliphatic heterocycles. The van der Waals surface area contributed by atoms with Gasteiger partial charge in [0.2, 0.25) is 11.7 Å². The summed E-state index contributed by atoms with van der Waals surface area (Å²) in [5, 5.41) is 8.68. The molecule has 2 aromatic rings. The number of H-pyrrole nitrogens is 1. The van der Waals surface area contributed by atoms with Gasteiger partial charge in [-0.15, -0.1) is 0 Å². The van der Waals surface area contributed by atoms with Crippen molar-refractivity contribution in [1.82, 2.24) is 20.2 Å². The lowest BCUT2D eigenvalue weighted by molar-refractivity contribution is 0.101. The Morgan fingerprint density at radius 1 is 1.47 bits per heavy atom. The minimum absolute atomic E-state index is 0.152. The van der Waals surface area contributed by atoms with E-state index < -0.39 is 0 Å². The fourth-order valence-corrected chi connectivity index (χ4v) is 1.19. The molecule has 0 saturated carbocycles. The van der Waals surface area contributed by atoms with Crippen molar-refractivity contribution in [2.24, 2.45) is 0 Å². The van der Waals surface area contributed by atoms with E-state index in [0.717, 1.165) is 0 Å². The Kier molecular flexibility index (Phi) is 3.29. The van der Waals surface area contributed by atoms with Gasteiger partial charge in [-0.25, -0.2) is 9.97 Å². The summed E-state index contributed by atoms with van der Waals surface area (Å²) in [5.41, 5.74) is 0.565. The highest BCUT2D eigenvalue weighted by atomic mass is 16.5. The van der Waals surface area contributed by atoms with Crippen LogP contribution in [0.15, 0.2) is 24.7 Å². The first-order valence-electron chi connectivity index (χ1n) is 5.05. The molecule has 2 N–H and O–H groups in total. The molecule has 0 radical (unpaired) electrons. The summed E-state index contributed by atoms with van der Waals surface area (Å²) in [6.45, 7) is 2.43. The van der Waals surface area contributed by atoms with Crippen LogP contribution in [0.4, 0.5) is 5.69 Å². The van der Waals surface area contributed by atoms with Gasteiger partial charge < -0.3 is 10.1 Å². The summed E-state index contributed by atoms with van der Waals surface area (Å²) < 4.78 is 5.19. The summed E-state index contributed by atoms with van der Waals surface area (Å²) in [7, 11) is 0. The smallest absolute Gasteiger partial charge is 0.293 e. The van der Waals surface area contributed by atoms with E-state index in [1.807, 2.05) is 6.92 Å². The van der Waals surface area contributed by atoms with Gasteiger partial charge in [0.1, 0.15) is 6.33 Å². The Balaban J connectivity index is 2.01. The van der Waals surface area contributed by atoms with Crippen LogP contribution in [-0.2, 0) is 0 Å². The van der Waals surface area contributed by atoms with Crippen LogP contribution >= 0.6 is 0 Å². The quantitative estimate of drug-likeness (QED) is 0.816. The summed E-state index contributed by atoms with van der Waals surface area (Å²) in [6.07, 6.45) is 2.78. The fourth-order valence-electron chi connectivity index (χ4n) is 1.19. The molecule has 7 heteroatoms. The van der Waals surface area contributed by atoms with Crippen LogP contribution in [0.2, 0.25) is 0 Å². The van der Waals surface area contributed by atoms with Gasteiger partial charge in [0.15, 0.2) is 0 Å².